The van der Waals surface area contributed by atoms with Gasteiger partial charge in [-0.2, -0.15) is 0 Å². The second-order valence-corrected chi connectivity index (χ2v) is 7.17. The molecule has 24 heavy (non-hydrogen) atoms. The number of carbonyl (C=O) groups excluding carboxylic acids is 2. The van der Waals surface area contributed by atoms with Crippen LogP contribution in [0.3, 0.4) is 0 Å². The van der Waals surface area contributed by atoms with Gasteiger partial charge in [-0.1, -0.05) is 26.0 Å². The van der Waals surface area contributed by atoms with Crippen molar-refractivity contribution in [3.05, 3.63) is 35.6 Å². The number of ether oxygens (including phenoxy) is 2. The van der Waals surface area contributed by atoms with Crippen molar-refractivity contribution in [1.82, 2.24) is 0 Å². The molecule has 0 amide bonds. The third-order valence-electron chi connectivity index (χ3n) is 3.70. The highest BCUT2D eigenvalue weighted by molar-refractivity contribution is 5.79. The number of esters is 2. The molecule has 0 bridgehead atoms. The number of hydrogen-bond donors (Lipinski definition) is 0. The summed E-state index contributed by atoms with van der Waals surface area (Å²) < 4.78 is 23.6. The Morgan fingerprint density at radius 2 is 1.62 bits per heavy atom. The molecule has 1 aromatic carbocycles. The maximum absolute atomic E-state index is 13.0. The van der Waals surface area contributed by atoms with Crippen LogP contribution >= 0.6 is 0 Å². The van der Waals surface area contributed by atoms with Crippen molar-refractivity contribution in [3.8, 4) is 0 Å². The van der Waals surface area contributed by atoms with Gasteiger partial charge in [0.2, 0.25) is 0 Å². The van der Waals surface area contributed by atoms with Crippen molar-refractivity contribution < 1.29 is 23.5 Å². The molecule has 5 heteroatoms. The van der Waals surface area contributed by atoms with Crippen molar-refractivity contribution >= 4 is 11.9 Å². The number of hydrogen-bond acceptors (Lipinski definition) is 4. The first-order valence-electron chi connectivity index (χ1n) is 8.17. The molecule has 1 rings (SSSR count). The molecule has 0 aromatic heterocycles. The zero-order valence-electron chi connectivity index (χ0n) is 15.3. The van der Waals surface area contributed by atoms with Crippen LogP contribution in [-0.4, -0.2) is 23.6 Å². The van der Waals surface area contributed by atoms with E-state index >= 15 is 0 Å². The van der Waals surface area contributed by atoms with Gasteiger partial charge in [-0.25, -0.2) is 4.39 Å². The summed E-state index contributed by atoms with van der Waals surface area (Å²) in [6.45, 7) is 10.7. The quantitative estimate of drug-likeness (QED) is 0.729. The lowest BCUT2D eigenvalue weighted by Crippen LogP contribution is -2.29. The van der Waals surface area contributed by atoms with E-state index in [1.807, 2.05) is 6.92 Å². The van der Waals surface area contributed by atoms with Crippen LogP contribution in [0.2, 0.25) is 0 Å². The first kappa shape index (κ1) is 20.1. The van der Waals surface area contributed by atoms with Crippen LogP contribution in [0.5, 0.6) is 0 Å². The average Bonchev–Trinajstić information content (AvgIpc) is 2.44. The van der Waals surface area contributed by atoms with Gasteiger partial charge >= 0.3 is 11.9 Å². The van der Waals surface area contributed by atoms with Gasteiger partial charge in [-0.15, -0.1) is 0 Å². The average molecular weight is 338 g/mol. The number of benzene rings is 1. The topological polar surface area (TPSA) is 52.6 Å². The largest absolute Gasteiger partial charge is 0.462 e. The van der Waals surface area contributed by atoms with Gasteiger partial charge in [0.15, 0.2) is 0 Å². The van der Waals surface area contributed by atoms with E-state index in [-0.39, 0.29) is 24.3 Å². The van der Waals surface area contributed by atoms with Crippen LogP contribution in [-0.2, 0) is 19.1 Å². The van der Waals surface area contributed by atoms with Crippen LogP contribution in [0, 0.1) is 11.7 Å². The fraction of sp³-hybridized carbons (Fsp3) is 0.579. The van der Waals surface area contributed by atoms with E-state index in [1.165, 1.54) is 12.1 Å². The van der Waals surface area contributed by atoms with E-state index in [0.717, 1.165) is 5.56 Å². The maximum atomic E-state index is 13.0. The highest BCUT2D eigenvalue weighted by Gasteiger charge is 2.26. The summed E-state index contributed by atoms with van der Waals surface area (Å²) in [4.78, 5) is 23.9. The zero-order chi connectivity index (χ0) is 18.5. The molecule has 0 aliphatic rings. The molecule has 0 aliphatic heterocycles. The van der Waals surface area contributed by atoms with Crippen molar-refractivity contribution in [2.24, 2.45) is 5.92 Å². The minimum Gasteiger partial charge on any atom is -0.462 e. The van der Waals surface area contributed by atoms with Crippen molar-refractivity contribution in [2.75, 3.05) is 0 Å². The Hall–Kier alpha value is -1.91. The summed E-state index contributed by atoms with van der Waals surface area (Å²) in [5.74, 6) is -1.83. The van der Waals surface area contributed by atoms with E-state index in [1.54, 1.807) is 46.8 Å². The highest BCUT2D eigenvalue weighted by Crippen LogP contribution is 2.23. The second kappa shape index (κ2) is 8.27. The minimum atomic E-state index is -0.581. The lowest BCUT2D eigenvalue weighted by atomic mass is 9.96. The van der Waals surface area contributed by atoms with Crippen LogP contribution in [0.4, 0.5) is 4.39 Å². The van der Waals surface area contributed by atoms with E-state index in [2.05, 4.69) is 0 Å². The fourth-order valence-corrected chi connectivity index (χ4v) is 2.16. The number of halogens is 1. The zero-order valence-corrected chi connectivity index (χ0v) is 15.3. The van der Waals surface area contributed by atoms with E-state index in [4.69, 9.17) is 9.47 Å². The molecular weight excluding hydrogens is 311 g/mol. The van der Waals surface area contributed by atoms with Crippen molar-refractivity contribution in [2.45, 2.75) is 65.6 Å². The summed E-state index contributed by atoms with van der Waals surface area (Å²) >= 11 is 0. The Bertz CT molecular complexity index is 560. The molecule has 0 heterocycles. The van der Waals surface area contributed by atoms with Crippen LogP contribution in [0.1, 0.15) is 59.4 Å². The standard InChI is InChI=1S/C19H27FO4/c1-12(11-17(21)24-19(4,5)6)18(22)23-14(3)13(2)15-7-9-16(20)10-8-15/h7-10,12-14H,11H2,1-6H3/t12-,13+,14-/m0/s1. The van der Waals surface area contributed by atoms with Gasteiger partial charge in [0, 0.05) is 5.92 Å². The molecule has 0 unspecified atom stereocenters. The maximum Gasteiger partial charge on any atom is 0.309 e. The monoisotopic (exact) mass is 338 g/mol. The molecule has 3 atom stereocenters. The van der Waals surface area contributed by atoms with Crippen LogP contribution in [0.25, 0.3) is 0 Å². The van der Waals surface area contributed by atoms with Gasteiger partial charge in [0.1, 0.15) is 17.5 Å². The lowest BCUT2D eigenvalue weighted by Gasteiger charge is -2.23. The second-order valence-electron chi connectivity index (χ2n) is 7.17. The van der Waals surface area contributed by atoms with Crippen molar-refractivity contribution in [3.63, 3.8) is 0 Å². The van der Waals surface area contributed by atoms with Gasteiger partial charge in [-0.05, 0) is 45.4 Å². The molecule has 0 spiro atoms. The summed E-state index contributed by atoms with van der Waals surface area (Å²) in [7, 11) is 0. The molecule has 0 fully saturated rings. The van der Waals surface area contributed by atoms with E-state index < -0.39 is 23.5 Å². The van der Waals surface area contributed by atoms with Gasteiger partial charge in [-0.3, -0.25) is 9.59 Å². The Morgan fingerprint density at radius 3 is 2.12 bits per heavy atom. The molecule has 0 aliphatic carbocycles. The normalized spacial score (nSPS) is 15.3. The van der Waals surface area contributed by atoms with Gasteiger partial charge in [0.05, 0.1) is 12.3 Å². The molecule has 0 saturated heterocycles. The summed E-state index contributed by atoms with van der Waals surface area (Å²) in [5.41, 5.74) is 0.307. The Balaban J connectivity index is 2.56. The summed E-state index contributed by atoms with van der Waals surface area (Å²) in [6.07, 6.45) is -0.405. The molecule has 134 valence electrons. The number of carbonyl (C=O) groups is 2. The SMILES string of the molecule is C[C@H](OC(=O)[C@@H](C)CC(=O)OC(C)(C)C)[C@@H](C)c1ccc(F)cc1. The highest BCUT2D eigenvalue weighted by atomic mass is 19.1. The molecule has 0 radical (unpaired) electrons. The van der Waals surface area contributed by atoms with Gasteiger partial charge in [0.25, 0.3) is 0 Å². The minimum absolute atomic E-state index is 0.0201. The predicted molar refractivity (Wildman–Crippen MR) is 90.0 cm³/mol. The first-order chi connectivity index (χ1) is 11.0. The molecule has 1 aromatic rings. The molecule has 4 nitrogen and oxygen atoms in total. The molecule has 0 N–H and O–H groups in total. The third kappa shape index (κ3) is 6.69. The van der Waals surface area contributed by atoms with Crippen molar-refractivity contribution in [1.29, 1.82) is 0 Å². The van der Waals surface area contributed by atoms with Gasteiger partial charge < -0.3 is 9.47 Å². The fourth-order valence-electron chi connectivity index (χ4n) is 2.16. The Kier molecular flexibility index (Phi) is 6.93. The Labute approximate surface area is 143 Å². The first-order valence-corrected chi connectivity index (χ1v) is 8.17. The number of rotatable bonds is 6. The third-order valence-corrected chi connectivity index (χ3v) is 3.70. The van der Waals surface area contributed by atoms with Crippen LogP contribution in [0.15, 0.2) is 24.3 Å². The molecular formula is C19H27FO4. The summed E-state index contributed by atoms with van der Waals surface area (Å²) in [5, 5.41) is 0. The predicted octanol–water partition coefficient (Wildman–Crippen LogP) is 4.23. The van der Waals surface area contributed by atoms with E-state index in [9.17, 15) is 14.0 Å². The smallest absolute Gasteiger partial charge is 0.309 e. The molecule has 0 saturated carbocycles. The van der Waals surface area contributed by atoms with E-state index in [0.29, 0.717) is 0 Å². The Morgan fingerprint density at radius 1 is 1.08 bits per heavy atom. The summed E-state index contributed by atoms with van der Waals surface area (Å²) in [6, 6.07) is 6.11. The lowest BCUT2D eigenvalue weighted by molar-refractivity contribution is -0.163. The van der Waals surface area contributed by atoms with Crippen LogP contribution < -0.4 is 0 Å².